The van der Waals surface area contributed by atoms with Crippen LogP contribution in [0.2, 0.25) is 0 Å². The van der Waals surface area contributed by atoms with Gasteiger partial charge in [0, 0.05) is 16.1 Å². The fraction of sp³-hybridized carbons (Fsp3) is 0.364. The van der Waals surface area contributed by atoms with Crippen LogP contribution in [0.5, 0.6) is 5.75 Å². The van der Waals surface area contributed by atoms with Crippen molar-refractivity contribution in [2.75, 3.05) is 6.61 Å². The van der Waals surface area contributed by atoms with Crippen LogP contribution < -0.4 is 4.74 Å². The molecular weight excluding hydrogens is 358 g/mol. The molecule has 2 atom stereocenters. The molecule has 0 amide bonds. The van der Waals surface area contributed by atoms with E-state index >= 15 is 0 Å². The summed E-state index contributed by atoms with van der Waals surface area (Å²) in [5.41, 5.74) is 2.84. The van der Waals surface area contributed by atoms with Gasteiger partial charge in [-0.2, -0.15) is 0 Å². The number of carbonyl (C=O) groups is 2. The molecule has 6 heteroatoms. The number of fused-ring (bicyclic) bond motifs is 1. The third-order valence-electron chi connectivity index (χ3n) is 5.15. The van der Waals surface area contributed by atoms with Crippen LogP contribution in [0.15, 0.2) is 42.5 Å². The van der Waals surface area contributed by atoms with Gasteiger partial charge < -0.3 is 4.74 Å². The highest BCUT2D eigenvalue weighted by atomic mass is 16.6. The van der Waals surface area contributed by atoms with Crippen molar-refractivity contribution in [2.45, 2.75) is 45.1 Å². The molecule has 0 saturated carbocycles. The van der Waals surface area contributed by atoms with Crippen molar-refractivity contribution in [3.05, 3.63) is 74.8 Å². The molecule has 0 bridgehead atoms. The molecular formula is C22H23NO5. The topological polar surface area (TPSA) is 86.5 Å². The Balaban J connectivity index is 1.65. The number of Topliss-reactive ketones (excluding diaryl/α,β-unsaturated/α-hetero) is 2. The largest absolute Gasteiger partial charge is 0.494 e. The lowest BCUT2D eigenvalue weighted by molar-refractivity contribution is -0.488. The lowest BCUT2D eigenvalue weighted by Crippen LogP contribution is -2.31. The number of nitrogens with zero attached hydrogens (tertiary/aromatic N) is 1. The molecule has 2 aromatic carbocycles. The van der Waals surface area contributed by atoms with Crippen molar-refractivity contribution >= 4 is 11.6 Å². The van der Waals surface area contributed by atoms with Crippen molar-refractivity contribution in [3.8, 4) is 5.75 Å². The maximum atomic E-state index is 12.1. The third kappa shape index (κ3) is 3.81. The molecule has 1 aliphatic carbocycles. The maximum Gasteiger partial charge on any atom is 0.336 e. The van der Waals surface area contributed by atoms with Gasteiger partial charge in [-0.15, -0.1) is 0 Å². The molecule has 0 spiro atoms. The summed E-state index contributed by atoms with van der Waals surface area (Å²) in [6.07, 6.45) is 2.93. The first-order chi connectivity index (χ1) is 13.4. The molecule has 0 N–H and O–H groups in total. The second-order valence-corrected chi connectivity index (χ2v) is 7.11. The maximum absolute atomic E-state index is 12.1. The Hall–Kier alpha value is -3.02. The zero-order chi connectivity index (χ0) is 20.3. The second kappa shape index (κ2) is 8.33. The van der Waals surface area contributed by atoms with E-state index in [9.17, 15) is 19.7 Å². The van der Waals surface area contributed by atoms with Gasteiger partial charge in [0.1, 0.15) is 5.75 Å². The number of hydrogen-bond acceptors (Lipinski definition) is 5. The zero-order valence-corrected chi connectivity index (χ0v) is 16.0. The van der Waals surface area contributed by atoms with Gasteiger partial charge >= 0.3 is 6.04 Å². The molecule has 0 radical (unpaired) electrons. The van der Waals surface area contributed by atoms with E-state index in [1.54, 1.807) is 6.07 Å². The molecule has 0 heterocycles. The van der Waals surface area contributed by atoms with Gasteiger partial charge in [-0.1, -0.05) is 44.5 Å². The second-order valence-electron chi connectivity index (χ2n) is 7.11. The van der Waals surface area contributed by atoms with Gasteiger partial charge in [0.2, 0.25) is 11.6 Å². The predicted molar refractivity (Wildman–Crippen MR) is 105 cm³/mol. The number of ether oxygens (including phenoxy) is 1. The first-order valence-corrected chi connectivity index (χ1v) is 9.50. The molecule has 2 unspecified atom stereocenters. The lowest BCUT2D eigenvalue weighted by Gasteiger charge is -2.17. The number of benzene rings is 2. The normalized spacial score (nSPS) is 16.7. The van der Waals surface area contributed by atoms with Crippen LogP contribution in [-0.2, 0) is 6.42 Å². The molecule has 0 fully saturated rings. The summed E-state index contributed by atoms with van der Waals surface area (Å²) in [5.74, 6) is -0.757. The van der Waals surface area contributed by atoms with E-state index in [1.165, 1.54) is 23.3 Å². The van der Waals surface area contributed by atoms with Crippen molar-refractivity contribution < 1.29 is 19.2 Å². The summed E-state index contributed by atoms with van der Waals surface area (Å²) in [5, 5.41) is 11.0. The summed E-state index contributed by atoms with van der Waals surface area (Å²) in [4.78, 5) is 34.3. The average Bonchev–Trinajstić information content (AvgIpc) is 2.92. The van der Waals surface area contributed by atoms with Gasteiger partial charge in [0.05, 0.1) is 6.61 Å². The van der Waals surface area contributed by atoms with Crippen molar-refractivity contribution in [1.29, 1.82) is 0 Å². The van der Waals surface area contributed by atoms with Crippen molar-refractivity contribution in [2.24, 2.45) is 0 Å². The van der Waals surface area contributed by atoms with E-state index in [4.69, 9.17) is 4.74 Å². The van der Waals surface area contributed by atoms with Crippen LogP contribution in [0.25, 0.3) is 0 Å². The summed E-state index contributed by atoms with van der Waals surface area (Å²) in [6.45, 7) is 4.76. The van der Waals surface area contributed by atoms with Crippen molar-refractivity contribution in [3.63, 3.8) is 0 Å². The van der Waals surface area contributed by atoms with Crippen LogP contribution in [0.4, 0.5) is 0 Å². The van der Waals surface area contributed by atoms with Gasteiger partial charge in [0.25, 0.3) is 0 Å². The fourth-order valence-corrected chi connectivity index (χ4v) is 3.66. The van der Waals surface area contributed by atoms with Crippen LogP contribution in [0, 0.1) is 10.1 Å². The molecule has 1 aliphatic rings. The molecule has 2 aromatic rings. The fourth-order valence-electron chi connectivity index (χ4n) is 3.66. The SMILES string of the molecule is CCCc1ccccc1C(C)CCOc1ccc2c(c1)C(=O)C([N+](=O)[O-])C2=O. The minimum absolute atomic E-state index is 0.0746. The molecule has 3 rings (SSSR count). The van der Waals surface area contributed by atoms with E-state index in [0.29, 0.717) is 18.3 Å². The zero-order valence-electron chi connectivity index (χ0n) is 16.0. The van der Waals surface area contributed by atoms with Crippen LogP contribution in [0.1, 0.15) is 64.4 Å². The minimum atomic E-state index is -1.82. The number of ketones is 2. The predicted octanol–water partition coefficient (Wildman–Crippen LogP) is 4.24. The Morgan fingerprint density at radius 1 is 1.11 bits per heavy atom. The highest BCUT2D eigenvalue weighted by Crippen LogP contribution is 2.29. The Kier molecular flexibility index (Phi) is 5.87. The molecule has 0 aromatic heterocycles. The summed E-state index contributed by atoms with van der Waals surface area (Å²) < 4.78 is 5.77. The summed E-state index contributed by atoms with van der Waals surface area (Å²) >= 11 is 0. The number of nitro groups is 1. The molecule has 0 saturated heterocycles. The quantitative estimate of drug-likeness (QED) is 0.388. The van der Waals surface area contributed by atoms with Gasteiger partial charge in [-0.05, 0) is 48.1 Å². The Morgan fingerprint density at radius 3 is 2.54 bits per heavy atom. The van der Waals surface area contributed by atoms with Crippen molar-refractivity contribution in [1.82, 2.24) is 0 Å². The van der Waals surface area contributed by atoms with Crippen LogP contribution in [0.3, 0.4) is 0 Å². The van der Waals surface area contributed by atoms with Gasteiger partial charge in [-0.3, -0.25) is 19.7 Å². The lowest BCUT2D eigenvalue weighted by atomic mass is 9.91. The Labute approximate surface area is 163 Å². The first kappa shape index (κ1) is 19.7. The monoisotopic (exact) mass is 381 g/mol. The minimum Gasteiger partial charge on any atom is -0.494 e. The molecule has 6 nitrogen and oxygen atoms in total. The van der Waals surface area contributed by atoms with E-state index in [-0.39, 0.29) is 11.1 Å². The van der Waals surface area contributed by atoms with E-state index in [0.717, 1.165) is 19.3 Å². The van der Waals surface area contributed by atoms with Gasteiger partial charge in [0.15, 0.2) is 0 Å². The first-order valence-electron chi connectivity index (χ1n) is 9.50. The smallest absolute Gasteiger partial charge is 0.336 e. The van der Waals surface area contributed by atoms with Crippen LogP contribution >= 0.6 is 0 Å². The number of rotatable bonds is 8. The van der Waals surface area contributed by atoms with E-state index in [1.807, 2.05) is 6.07 Å². The molecule has 0 aliphatic heterocycles. The average molecular weight is 381 g/mol. The van der Waals surface area contributed by atoms with Gasteiger partial charge in [-0.25, -0.2) is 0 Å². The highest BCUT2D eigenvalue weighted by molar-refractivity contribution is 6.28. The standard InChI is InChI=1S/C22H23NO5/c1-3-6-15-7-4-5-8-17(15)14(2)11-12-28-16-9-10-18-19(13-16)22(25)20(21(18)24)23(26)27/h4-5,7-10,13-14,20H,3,6,11-12H2,1-2H3. The highest BCUT2D eigenvalue weighted by Gasteiger charge is 2.47. The van der Waals surface area contributed by atoms with E-state index in [2.05, 4.69) is 32.0 Å². The molecule has 146 valence electrons. The number of hydrogen-bond donors (Lipinski definition) is 0. The summed E-state index contributed by atoms with van der Waals surface area (Å²) in [6, 6.07) is 11.0. The van der Waals surface area contributed by atoms with E-state index < -0.39 is 22.5 Å². The van der Waals surface area contributed by atoms with Crippen LogP contribution in [-0.4, -0.2) is 29.1 Å². The summed E-state index contributed by atoms with van der Waals surface area (Å²) in [7, 11) is 0. The third-order valence-corrected chi connectivity index (χ3v) is 5.15. The number of aryl methyl sites for hydroxylation is 1. The Morgan fingerprint density at radius 2 is 1.82 bits per heavy atom. The Bertz CT molecular complexity index is 921. The number of carbonyl (C=O) groups excluding carboxylic acids is 2. The molecule has 28 heavy (non-hydrogen) atoms.